The summed E-state index contributed by atoms with van der Waals surface area (Å²) in [4.78, 5) is 28.1. The molecule has 1 fully saturated rings. The van der Waals surface area contributed by atoms with Gasteiger partial charge in [0.1, 0.15) is 11.8 Å². The van der Waals surface area contributed by atoms with E-state index in [-0.39, 0.29) is 41.8 Å². The van der Waals surface area contributed by atoms with E-state index in [1.165, 1.54) is 0 Å². The summed E-state index contributed by atoms with van der Waals surface area (Å²) in [6.45, 7) is 6.95. The van der Waals surface area contributed by atoms with E-state index in [1.54, 1.807) is 43.2 Å². The first-order chi connectivity index (χ1) is 18.6. The van der Waals surface area contributed by atoms with Crippen molar-refractivity contribution in [1.29, 1.82) is 0 Å². The molecular weight excluding hydrogens is 518 g/mol. The Balaban J connectivity index is 1.63. The zero-order valence-corrected chi connectivity index (χ0v) is 24.1. The van der Waals surface area contributed by atoms with Gasteiger partial charge in [0.2, 0.25) is 21.8 Å². The fourth-order valence-electron chi connectivity index (χ4n) is 3.98. The number of sulfonamides is 1. The normalized spacial score (nSPS) is 14.2. The van der Waals surface area contributed by atoms with E-state index in [0.717, 1.165) is 24.0 Å². The van der Waals surface area contributed by atoms with Crippen LogP contribution in [0.2, 0.25) is 0 Å². The number of methoxy groups -OCH3 is 1. The lowest BCUT2D eigenvalue weighted by molar-refractivity contribution is -0.140. The van der Waals surface area contributed by atoms with E-state index in [1.807, 2.05) is 38.1 Å². The molecule has 214 valence electrons. The van der Waals surface area contributed by atoms with Gasteiger partial charge in [-0.3, -0.25) is 9.59 Å². The van der Waals surface area contributed by atoms with Crippen molar-refractivity contribution in [1.82, 2.24) is 14.9 Å². The van der Waals surface area contributed by atoms with Crippen molar-refractivity contribution >= 4 is 21.8 Å². The third-order valence-corrected chi connectivity index (χ3v) is 8.05. The van der Waals surface area contributed by atoms with Gasteiger partial charge in [-0.05, 0) is 81.8 Å². The molecule has 2 aromatic rings. The second-order valence-electron chi connectivity index (χ2n) is 10.1. The van der Waals surface area contributed by atoms with Crippen molar-refractivity contribution in [3.8, 4) is 5.75 Å². The largest absolute Gasteiger partial charge is 0.497 e. The highest BCUT2D eigenvalue weighted by atomic mass is 32.2. The molecule has 1 aliphatic rings. The minimum Gasteiger partial charge on any atom is -0.497 e. The number of carbonyl (C=O) groups excluding carboxylic acids is 2. The molecule has 10 heteroatoms. The van der Waals surface area contributed by atoms with Crippen LogP contribution in [-0.4, -0.2) is 63.6 Å². The molecule has 0 aliphatic heterocycles. The smallest absolute Gasteiger partial charge is 0.242 e. The third kappa shape index (κ3) is 9.94. The zero-order valence-electron chi connectivity index (χ0n) is 23.3. The van der Waals surface area contributed by atoms with Gasteiger partial charge < -0.3 is 19.7 Å². The molecule has 0 radical (unpaired) electrons. The molecule has 2 N–H and O–H groups in total. The van der Waals surface area contributed by atoms with Gasteiger partial charge in [0, 0.05) is 32.2 Å². The molecule has 2 amide bonds. The molecule has 1 saturated carbocycles. The Bertz CT molecular complexity index is 1180. The summed E-state index contributed by atoms with van der Waals surface area (Å²) in [6.07, 6.45) is 3.17. The predicted octanol–water partition coefficient (Wildman–Crippen LogP) is 3.42. The average molecular weight is 560 g/mol. The molecule has 0 heterocycles. The fourth-order valence-corrected chi connectivity index (χ4v) is 5.28. The van der Waals surface area contributed by atoms with Crippen LogP contribution in [0.5, 0.6) is 5.75 Å². The van der Waals surface area contributed by atoms with E-state index in [0.29, 0.717) is 31.7 Å². The summed E-state index contributed by atoms with van der Waals surface area (Å²) in [7, 11) is -1.93. The first-order valence-electron chi connectivity index (χ1n) is 13.5. The molecule has 0 unspecified atom stereocenters. The first-order valence-corrected chi connectivity index (χ1v) is 15.0. The molecule has 39 heavy (non-hydrogen) atoms. The van der Waals surface area contributed by atoms with Crippen LogP contribution in [-0.2, 0) is 37.3 Å². The Kier molecular flexibility index (Phi) is 11.3. The lowest BCUT2D eigenvalue weighted by Gasteiger charge is -2.29. The molecule has 9 nitrogen and oxygen atoms in total. The number of hydrogen-bond acceptors (Lipinski definition) is 6. The summed E-state index contributed by atoms with van der Waals surface area (Å²) in [5, 5.41) is 2.91. The monoisotopic (exact) mass is 559 g/mol. The summed E-state index contributed by atoms with van der Waals surface area (Å²) in [5.74, 6) is 0.326. The van der Waals surface area contributed by atoms with Crippen molar-refractivity contribution in [3.63, 3.8) is 0 Å². The second-order valence-corrected chi connectivity index (χ2v) is 11.9. The van der Waals surface area contributed by atoms with Gasteiger partial charge in [-0.25, -0.2) is 13.1 Å². The number of aryl methyl sites for hydroxylation is 1. The van der Waals surface area contributed by atoms with Crippen LogP contribution in [0.25, 0.3) is 0 Å². The van der Waals surface area contributed by atoms with E-state index < -0.39 is 16.1 Å². The van der Waals surface area contributed by atoms with E-state index in [9.17, 15) is 18.0 Å². The van der Waals surface area contributed by atoms with Crippen molar-refractivity contribution in [2.24, 2.45) is 0 Å². The van der Waals surface area contributed by atoms with Crippen molar-refractivity contribution < 1.29 is 27.5 Å². The Morgan fingerprint density at radius 3 is 2.23 bits per heavy atom. The number of nitrogens with zero attached hydrogens (tertiary/aromatic N) is 1. The Hall–Kier alpha value is -2.95. The van der Waals surface area contributed by atoms with Gasteiger partial charge >= 0.3 is 0 Å². The molecule has 3 rings (SSSR count). The lowest BCUT2D eigenvalue weighted by atomic mass is 10.1. The second kappa shape index (κ2) is 14.4. The highest BCUT2D eigenvalue weighted by Crippen LogP contribution is 2.22. The minimum atomic E-state index is -3.52. The molecule has 1 atom stereocenters. The number of benzene rings is 2. The third-order valence-electron chi connectivity index (χ3n) is 6.51. The summed E-state index contributed by atoms with van der Waals surface area (Å²) in [5.41, 5.74) is 1.73. The number of hydrogen-bond donors (Lipinski definition) is 2. The van der Waals surface area contributed by atoms with Crippen molar-refractivity contribution in [3.05, 3.63) is 59.7 Å². The maximum atomic E-state index is 13.4. The van der Waals surface area contributed by atoms with Crippen molar-refractivity contribution in [2.45, 2.75) is 82.5 Å². The standard InChI is InChI=1S/C29H41N3O6S/c1-21(2)38-19-5-18-30-29(34)22(3)32(20-24-6-13-26(37-4)14-7-24)28(33)17-10-23-8-15-27(16-9-23)39(35,36)31-25-11-12-25/h6-9,13-16,21-22,25,31H,5,10-12,17-20H2,1-4H3,(H,30,34)/t22-/m1/s1. The van der Waals surface area contributed by atoms with Crippen LogP contribution in [0.15, 0.2) is 53.4 Å². The van der Waals surface area contributed by atoms with Crippen LogP contribution in [0.1, 0.15) is 57.6 Å². The summed E-state index contributed by atoms with van der Waals surface area (Å²) in [6, 6.07) is 13.4. The van der Waals surface area contributed by atoms with Gasteiger partial charge in [0.15, 0.2) is 0 Å². The number of ether oxygens (including phenoxy) is 2. The van der Waals surface area contributed by atoms with Crippen LogP contribution >= 0.6 is 0 Å². The molecule has 1 aliphatic carbocycles. The highest BCUT2D eigenvalue weighted by molar-refractivity contribution is 7.89. The summed E-state index contributed by atoms with van der Waals surface area (Å²) < 4.78 is 38.3. The Morgan fingerprint density at radius 1 is 1.00 bits per heavy atom. The molecule has 0 spiro atoms. The SMILES string of the molecule is COc1ccc(CN(C(=O)CCc2ccc(S(=O)(=O)NC3CC3)cc2)[C@H](C)C(=O)NCCCOC(C)C)cc1. The number of amides is 2. The molecule has 2 aromatic carbocycles. The fraction of sp³-hybridized carbons (Fsp3) is 0.517. The maximum absolute atomic E-state index is 13.4. The van der Waals surface area contributed by atoms with Crippen LogP contribution in [0.4, 0.5) is 0 Å². The van der Waals surface area contributed by atoms with Crippen LogP contribution in [0.3, 0.4) is 0 Å². The molecule has 0 bridgehead atoms. The first kappa shape index (κ1) is 30.6. The quantitative estimate of drug-likeness (QED) is 0.305. The van der Waals surface area contributed by atoms with E-state index in [2.05, 4.69) is 10.0 Å². The van der Waals surface area contributed by atoms with Gasteiger partial charge in [0.05, 0.1) is 18.1 Å². The lowest BCUT2D eigenvalue weighted by Crippen LogP contribution is -2.48. The van der Waals surface area contributed by atoms with Crippen molar-refractivity contribution in [2.75, 3.05) is 20.3 Å². The Labute approximate surface area is 232 Å². The molecular formula is C29H41N3O6S. The maximum Gasteiger partial charge on any atom is 0.242 e. The van der Waals surface area contributed by atoms with Gasteiger partial charge in [-0.1, -0.05) is 24.3 Å². The summed E-state index contributed by atoms with van der Waals surface area (Å²) >= 11 is 0. The predicted molar refractivity (Wildman–Crippen MR) is 150 cm³/mol. The zero-order chi connectivity index (χ0) is 28.4. The number of rotatable bonds is 16. The van der Waals surface area contributed by atoms with Gasteiger partial charge in [-0.15, -0.1) is 0 Å². The van der Waals surface area contributed by atoms with Gasteiger partial charge in [-0.2, -0.15) is 0 Å². The van der Waals surface area contributed by atoms with Crippen LogP contribution in [0, 0.1) is 0 Å². The Morgan fingerprint density at radius 2 is 1.64 bits per heavy atom. The molecule has 0 saturated heterocycles. The highest BCUT2D eigenvalue weighted by Gasteiger charge is 2.28. The average Bonchev–Trinajstić information content (AvgIpc) is 3.73. The van der Waals surface area contributed by atoms with E-state index >= 15 is 0 Å². The molecule has 0 aromatic heterocycles. The minimum absolute atomic E-state index is 0.0385. The van der Waals surface area contributed by atoms with E-state index in [4.69, 9.17) is 9.47 Å². The van der Waals surface area contributed by atoms with Gasteiger partial charge in [0.25, 0.3) is 0 Å². The van der Waals surface area contributed by atoms with Crippen LogP contribution < -0.4 is 14.8 Å². The topological polar surface area (TPSA) is 114 Å². The number of nitrogens with one attached hydrogen (secondary N) is 2. The number of carbonyl (C=O) groups is 2.